The number of furan rings is 1. The van der Waals surface area contributed by atoms with E-state index in [1.807, 2.05) is 42.5 Å². The zero-order valence-corrected chi connectivity index (χ0v) is 16.2. The molecule has 1 heterocycles. The quantitative estimate of drug-likeness (QED) is 0.432. The van der Waals surface area contributed by atoms with Crippen LogP contribution in [0, 0.1) is 0 Å². The molecule has 3 aromatic carbocycles. The zero-order chi connectivity index (χ0) is 19.5. The molecule has 138 valence electrons. The minimum absolute atomic E-state index is 0.199. The van der Waals surface area contributed by atoms with Gasteiger partial charge in [-0.2, -0.15) is 0 Å². The molecule has 2 amide bonds. The molecule has 0 atom stereocenters. The SMILES string of the molecule is O=C(Nc1cccc2ccccc12)c1ccc(NC(=O)c2ccc(Br)o2)cc1. The van der Waals surface area contributed by atoms with Gasteiger partial charge in [0.2, 0.25) is 0 Å². The molecule has 0 fully saturated rings. The fraction of sp³-hybridized carbons (Fsp3) is 0. The maximum absolute atomic E-state index is 12.6. The number of benzene rings is 3. The molecule has 0 aliphatic heterocycles. The molecule has 0 unspecified atom stereocenters. The third-order valence-electron chi connectivity index (χ3n) is 4.24. The molecule has 28 heavy (non-hydrogen) atoms. The molecule has 6 heteroatoms. The van der Waals surface area contributed by atoms with Crippen LogP contribution in [-0.4, -0.2) is 11.8 Å². The van der Waals surface area contributed by atoms with E-state index in [0.717, 1.165) is 16.5 Å². The first-order valence-corrected chi connectivity index (χ1v) is 9.35. The molecule has 0 saturated heterocycles. The molecule has 1 aromatic heterocycles. The predicted molar refractivity (Wildman–Crippen MR) is 113 cm³/mol. The number of fused-ring (bicyclic) bond motifs is 1. The number of nitrogens with one attached hydrogen (secondary N) is 2. The molecular formula is C22H15BrN2O3. The molecule has 4 aromatic rings. The number of hydrogen-bond acceptors (Lipinski definition) is 3. The molecule has 0 radical (unpaired) electrons. The van der Waals surface area contributed by atoms with Crippen LogP contribution < -0.4 is 10.6 Å². The Morgan fingerprint density at radius 1 is 0.750 bits per heavy atom. The number of carbonyl (C=O) groups is 2. The van der Waals surface area contributed by atoms with E-state index in [4.69, 9.17) is 4.42 Å². The van der Waals surface area contributed by atoms with Gasteiger partial charge in [0.15, 0.2) is 10.4 Å². The summed E-state index contributed by atoms with van der Waals surface area (Å²) in [5.74, 6) is -0.382. The van der Waals surface area contributed by atoms with Crippen molar-refractivity contribution in [3.8, 4) is 0 Å². The summed E-state index contributed by atoms with van der Waals surface area (Å²) in [5.41, 5.74) is 1.81. The fourth-order valence-electron chi connectivity index (χ4n) is 2.86. The van der Waals surface area contributed by atoms with E-state index in [9.17, 15) is 9.59 Å². The highest BCUT2D eigenvalue weighted by Gasteiger charge is 2.12. The lowest BCUT2D eigenvalue weighted by molar-refractivity contribution is 0.0994. The Morgan fingerprint density at radius 3 is 2.25 bits per heavy atom. The normalized spacial score (nSPS) is 10.6. The third-order valence-corrected chi connectivity index (χ3v) is 4.67. The summed E-state index contributed by atoms with van der Waals surface area (Å²) in [6, 6.07) is 23.5. The summed E-state index contributed by atoms with van der Waals surface area (Å²) in [6.07, 6.45) is 0. The van der Waals surface area contributed by atoms with Crippen molar-refractivity contribution in [3.63, 3.8) is 0 Å². The number of hydrogen-bond donors (Lipinski definition) is 2. The number of rotatable bonds is 4. The second-order valence-electron chi connectivity index (χ2n) is 6.12. The maximum atomic E-state index is 12.6. The van der Waals surface area contributed by atoms with E-state index < -0.39 is 0 Å². The van der Waals surface area contributed by atoms with Gasteiger partial charge < -0.3 is 15.1 Å². The summed E-state index contributed by atoms with van der Waals surface area (Å²) >= 11 is 3.16. The topological polar surface area (TPSA) is 71.3 Å². The first kappa shape index (κ1) is 18.0. The monoisotopic (exact) mass is 434 g/mol. The first-order chi connectivity index (χ1) is 13.6. The zero-order valence-electron chi connectivity index (χ0n) is 14.6. The van der Waals surface area contributed by atoms with Gasteiger partial charge in [-0.15, -0.1) is 0 Å². The van der Waals surface area contributed by atoms with E-state index in [2.05, 4.69) is 26.6 Å². The summed E-state index contributed by atoms with van der Waals surface area (Å²) in [7, 11) is 0. The van der Waals surface area contributed by atoms with Crippen molar-refractivity contribution >= 4 is 49.9 Å². The Hall–Kier alpha value is -3.38. The van der Waals surface area contributed by atoms with Crippen molar-refractivity contribution in [2.45, 2.75) is 0 Å². The van der Waals surface area contributed by atoms with E-state index in [0.29, 0.717) is 15.9 Å². The predicted octanol–water partition coefficient (Wildman–Crippen LogP) is 5.70. The van der Waals surface area contributed by atoms with Crippen LogP contribution >= 0.6 is 15.9 Å². The van der Waals surface area contributed by atoms with Gasteiger partial charge in [-0.3, -0.25) is 9.59 Å². The van der Waals surface area contributed by atoms with Crippen LogP contribution in [0.15, 0.2) is 87.9 Å². The lowest BCUT2D eigenvalue weighted by atomic mass is 10.1. The van der Waals surface area contributed by atoms with Crippen molar-refractivity contribution in [2.24, 2.45) is 0 Å². The van der Waals surface area contributed by atoms with Crippen LogP contribution in [0.2, 0.25) is 0 Å². The van der Waals surface area contributed by atoms with Crippen LogP contribution in [0.5, 0.6) is 0 Å². The number of anilines is 2. The Morgan fingerprint density at radius 2 is 1.50 bits per heavy atom. The Kier molecular flexibility index (Phi) is 4.95. The minimum Gasteiger partial charge on any atom is -0.444 e. The Labute approximate surface area is 169 Å². The van der Waals surface area contributed by atoms with E-state index in [1.54, 1.807) is 36.4 Å². The van der Waals surface area contributed by atoms with Gasteiger partial charge >= 0.3 is 0 Å². The molecule has 0 aliphatic rings. The van der Waals surface area contributed by atoms with Gasteiger partial charge in [-0.05, 0) is 63.8 Å². The van der Waals surface area contributed by atoms with E-state index in [1.165, 1.54) is 0 Å². The summed E-state index contributed by atoms with van der Waals surface area (Å²) in [5, 5.41) is 7.71. The average molecular weight is 435 g/mol. The van der Waals surface area contributed by atoms with Gasteiger partial charge in [0.1, 0.15) is 0 Å². The van der Waals surface area contributed by atoms with Gasteiger partial charge in [-0.1, -0.05) is 36.4 Å². The van der Waals surface area contributed by atoms with Crippen molar-refractivity contribution < 1.29 is 14.0 Å². The first-order valence-electron chi connectivity index (χ1n) is 8.56. The van der Waals surface area contributed by atoms with Crippen LogP contribution in [0.1, 0.15) is 20.9 Å². The second kappa shape index (κ2) is 7.70. The van der Waals surface area contributed by atoms with Crippen molar-refractivity contribution in [3.05, 3.63) is 94.9 Å². The number of halogens is 1. The molecule has 0 bridgehead atoms. The molecule has 0 spiro atoms. The molecule has 5 nitrogen and oxygen atoms in total. The molecule has 0 aliphatic carbocycles. The van der Waals surface area contributed by atoms with Crippen LogP contribution in [-0.2, 0) is 0 Å². The largest absolute Gasteiger partial charge is 0.444 e. The summed E-state index contributed by atoms with van der Waals surface area (Å²) in [6.45, 7) is 0. The van der Waals surface area contributed by atoms with Gasteiger partial charge in [0.05, 0.1) is 0 Å². The molecule has 4 rings (SSSR count). The Bertz CT molecular complexity index is 1160. The smallest absolute Gasteiger partial charge is 0.291 e. The van der Waals surface area contributed by atoms with Gasteiger partial charge in [-0.25, -0.2) is 0 Å². The standard InChI is InChI=1S/C22H15BrN2O3/c23-20-13-12-19(28-20)22(27)24-16-10-8-15(9-11-16)21(26)25-18-7-3-5-14-4-1-2-6-17(14)18/h1-13H,(H,24,27)(H,25,26). The molecule has 0 saturated carbocycles. The third kappa shape index (κ3) is 3.82. The minimum atomic E-state index is -0.362. The summed E-state index contributed by atoms with van der Waals surface area (Å²) in [4.78, 5) is 24.7. The fourth-order valence-corrected chi connectivity index (χ4v) is 3.17. The average Bonchev–Trinajstić information content (AvgIpc) is 3.15. The Balaban J connectivity index is 1.47. The van der Waals surface area contributed by atoms with E-state index >= 15 is 0 Å². The molecular weight excluding hydrogens is 420 g/mol. The van der Waals surface area contributed by atoms with E-state index in [-0.39, 0.29) is 17.6 Å². The van der Waals surface area contributed by atoms with Gasteiger partial charge in [0.25, 0.3) is 11.8 Å². The van der Waals surface area contributed by atoms with Crippen molar-refractivity contribution in [1.29, 1.82) is 0 Å². The lowest BCUT2D eigenvalue weighted by Crippen LogP contribution is -2.13. The summed E-state index contributed by atoms with van der Waals surface area (Å²) < 4.78 is 5.71. The van der Waals surface area contributed by atoms with Crippen molar-refractivity contribution in [1.82, 2.24) is 0 Å². The maximum Gasteiger partial charge on any atom is 0.291 e. The van der Waals surface area contributed by atoms with Crippen LogP contribution in [0.4, 0.5) is 11.4 Å². The van der Waals surface area contributed by atoms with Crippen molar-refractivity contribution in [2.75, 3.05) is 10.6 Å². The highest BCUT2D eigenvalue weighted by atomic mass is 79.9. The highest BCUT2D eigenvalue weighted by molar-refractivity contribution is 9.10. The highest BCUT2D eigenvalue weighted by Crippen LogP contribution is 2.24. The lowest BCUT2D eigenvalue weighted by Gasteiger charge is -2.09. The van der Waals surface area contributed by atoms with Crippen LogP contribution in [0.3, 0.4) is 0 Å². The number of amides is 2. The van der Waals surface area contributed by atoms with Gasteiger partial charge in [0, 0.05) is 22.3 Å². The molecule has 2 N–H and O–H groups in total. The van der Waals surface area contributed by atoms with Crippen LogP contribution in [0.25, 0.3) is 10.8 Å². The number of carbonyl (C=O) groups excluding carboxylic acids is 2. The second-order valence-corrected chi connectivity index (χ2v) is 6.90.